The molecule has 0 aliphatic carbocycles. The first kappa shape index (κ1) is 13.9. The van der Waals surface area contributed by atoms with Crippen LogP contribution in [0.3, 0.4) is 0 Å². The van der Waals surface area contributed by atoms with Crippen molar-refractivity contribution in [3.8, 4) is 5.75 Å². The highest BCUT2D eigenvalue weighted by atomic mass is 32.1. The maximum absolute atomic E-state index is 12.2. The van der Waals surface area contributed by atoms with Crippen LogP contribution < -0.4 is 10.4 Å². The van der Waals surface area contributed by atoms with Crippen molar-refractivity contribution in [3.63, 3.8) is 0 Å². The van der Waals surface area contributed by atoms with Gasteiger partial charge in [-0.1, -0.05) is 0 Å². The quantitative estimate of drug-likeness (QED) is 0.872. The molecule has 1 fully saturated rings. The van der Waals surface area contributed by atoms with Crippen LogP contribution >= 0.6 is 11.3 Å². The number of nitrogens with zero attached hydrogens (tertiary/aromatic N) is 1. The van der Waals surface area contributed by atoms with Gasteiger partial charge in [0.15, 0.2) is 0 Å². The molecule has 0 spiro atoms. The number of ether oxygens (including phenoxy) is 1. The normalized spacial score (nSPS) is 14.9. The predicted octanol–water partition coefficient (Wildman–Crippen LogP) is 2.22. The summed E-state index contributed by atoms with van der Waals surface area (Å²) >= 11 is 1.50. The van der Waals surface area contributed by atoms with Gasteiger partial charge in [0.05, 0.1) is 24.0 Å². The number of likely N-dealkylation sites (tertiary alicyclic amines) is 1. The second kappa shape index (κ2) is 5.37. The second-order valence-electron chi connectivity index (χ2n) is 5.08. The molecule has 0 aromatic carbocycles. The molecule has 0 unspecified atom stereocenters. The average molecular weight is 305 g/mol. The molecule has 2 aromatic heterocycles. The molecule has 0 radical (unpaired) electrons. The van der Waals surface area contributed by atoms with Crippen LogP contribution in [0.1, 0.15) is 20.3 Å². The number of amides is 1. The molecule has 3 rings (SSSR count). The zero-order valence-electron chi connectivity index (χ0n) is 11.8. The zero-order valence-corrected chi connectivity index (χ0v) is 12.6. The summed E-state index contributed by atoms with van der Waals surface area (Å²) in [6.07, 6.45) is -0.0730. The average Bonchev–Trinajstić information content (AvgIpc) is 2.78. The van der Waals surface area contributed by atoms with E-state index in [0.29, 0.717) is 24.6 Å². The number of aryl methyl sites for hydroxylation is 2. The summed E-state index contributed by atoms with van der Waals surface area (Å²) in [7, 11) is 0. The molecule has 110 valence electrons. The summed E-state index contributed by atoms with van der Waals surface area (Å²) in [5.41, 5.74) is -0.425. The Morgan fingerprint density at radius 3 is 2.71 bits per heavy atom. The Bertz CT molecular complexity index is 727. The van der Waals surface area contributed by atoms with Gasteiger partial charge in [0, 0.05) is 10.9 Å². The third-order valence-electron chi connectivity index (χ3n) is 3.26. The summed E-state index contributed by atoms with van der Waals surface area (Å²) in [5.74, 6) is 1.04. The van der Waals surface area contributed by atoms with Crippen LogP contribution in [-0.4, -0.2) is 30.0 Å². The lowest BCUT2D eigenvalue weighted by Crippen LogP contribution is -2.56. The SMILES string of the molecule is Cc1cc(OC2CN(C(=O)c3ccc(C)s3)C2)cc(=O)o1. The maximum atomic E-state index is 12.2. The summed E-state index contributed by atoms with van der Waals surface area (Å²) < 4.78 is 10.6. The van der Waals surface area contributed by atoms with Crippen LogP contribution in [0.4, 0.5) is 0 Å². The van der Waals surface area contributed by atoms with Gasteiger partial charge in [-0.3, -0.25) is 4.79 Å². The highest BCUT2D eigenvalue weighted by Gasteiger charge is 2.33. The molecule has 3 heterocycles. The van der Waals surface area contributed by atoms with Gasteiger partial charge in [0.2, 0.25) is 0 Å². The van der Waals surface area contributed by atoms with Gasteiger partial charge in [-0.15, -0.1) is 11.3 Å². The number of carbonyl (C=O) groups excluding carboxylic acids is 1. The molecular weight excluding hydrogens is 290 g/mol. The molecule has 1 saturated heterocycles. The smallest absolute Gasteiger partial charge is 0.339 e. The van der Waals surface area contributed by atoms with E-state index in [1.165, 1.54) is 17.4 Å². The van der Waals surface area contributed by atoms with E-state index in [9.17, 15) is 9.59 Å². The molecule has 5 nitrogen and oxygen atoms in total. The molecular formula is C15H15NO4S. The Morgan fingerprint density at radius 1 is 1.33 bits per heavy atom. The van der Waals surface area contributed by atoms with E-state index in [-0.39, 0.29) is 12.0 Å². The van der Waals surface area contributed by atoms with Crippen molar-refractivity contribution in [1.29, 1.82) is 0 Å². The van der Waals surface area contributed by atoms with Crippen molar-refractivity contribution >= 4 is 17.2 Å². The van der Waals surface area contributed by atoms with E-state index >= 15 is 0 Å². The van der Waals surface area contributed by atoms with Crippen LogP contribution in [0, 0.1) is 13.8 Å². The second-order valence-corrected chi connectivity index (χ2v) is 6.37. The van der Waals surface area contributed by atoms with Gasteiger partial charge in [-0.2, -0.15) is 0 Å². The number of carbonyl (C=O) groups is 1. The first-order valence-corrected chi connectivity index (χ1v) is 7.47. The Morgan fingerprint density at radius 2 is 2.10 bits per heavy atom. The van der Waals surface area contributed by atoms with E-state index in [1.54, 1.807) is 17.9 Å². The van der Waals surface area contributed by atoms with E-state index in [4.69, 9.17) is 9.15 Å². The molecule has 2 aromatic rings. The van der Waals surface area contributed by atoms with E-state index in [0.717, 1.165) is 9.75 Å². The van der Waals surface area contributed by atoms with Crippen molar-refractivity contribution in [1.82, 2.24) is 4.90 Å². The summed E-state index contributed by atoms with van der Waals surface area (Å²) in [5, 5.41) is 0. The predicted molar refractivity (Wildman–Crippen MR) is 79.1 cm³/mol. The molecule has 1 aliphatic heterocycles. The van der Waals surface area contributed by atoms with Crippen molar-refractivity contribution in [2.45, 2.75) is 20.0 Å². The molecule has 0 bridgehead atoms. The maximum Gasteiger partial charge on any atom is 0.339 e. The largest absolute Gasteiger partial charge is 0.486 e. The fourth-order valence-electron chi connectivity index (χ4n) is 2.22. The molecule has 0 N–H and O–H groups in total. The van der Waals surface area contributed by atoms with Crippen LogP contribution in [0.15, 0.2) is 33.5 Å². The van der Waals surface area contributed by atoms with Gasteiger partial charge in [0.1, 0.15) is 17.6 Å². The highest BCUT2D eigenvalue weighted by molar-refractivity contribution is 7.13. The van der Waals surface area contributed by atoms with Crippen molar-refractivity contribution < 1.29 is 13.9 Å². The number of hydrogen-bond donors (Lipinski definition) is 0. The first-order chi connectivity index (χ1) is 10.0. The Hall–Kier alpha value is -2.08. The summed E-state index contributed by atoms with van der Waals surface area (Å²) in [4.78, 5) is 27.0. The Labute approximate surface area is 125 Å². The number of hydrogen-bond acceptors (Lipinski definition) is 5. The molecule has 0 atom stereocenters. The minimum Gasteiger partial charge on any atom is -0.486 e. The summed E-state index contributed by atoms with van der Waals surface area (Å²) in [6.45, 7) is 4.75. The van der Waals surface area contributed by atoms with E-state index < -0.39 is 5.63 Å². The van der Waals surface area contributed by atoms with Crippen LogP contribution in [0.25, 0.3) is 0 Å². The van der Waals surface area contributed by atoms with E-state index in [1.807, 2.05) is 19.1 Å². The van der Waals surface area contributed by atoms with Crippen LogP contribution in [-0.2, 0) is 0 Å². The standard InChI is InChI=1S/C15H15NO4S/c1-9-5-11(6-14(17)19-9)20-12-7-16(8-12)15(18)13-4-3-10(2)21-13/h3-6,12H,7-8H2,1-2H3. The monoisotopic (exact) mass is 305 g/mol. The van der Waals surface area contributed by atoms with Gasteiger partial charge in [-0.25, -0.2) is 4.79 Å². The minimum absolute atomic E-state index is 0.0386. The molecule has 21 heavy (non-hydrogen) atoms. The lowest BCUT2D eigenvalue weighted by molar-refractivity contribution is 0.0178. The van der Waals surface area contributed by atoms with Crippen LogP contribution in [0.2, 0.25) is 0 Å². The lowest BCUT2D eigenvalue weighted by Gasteiger charge is -2.38. The molecule has 1 aliphatic rings. The highest BCUT2D eigenvalue weighted by Crippen LogP contribution is 2.22. The van der Waals surface area contributed by atoms with Gasteiger partial charge in [-0.05, 0) is 26.0 Å². The van der Waals surface area contributed by atoms with Crippen LogP contribution in [0.5, 0.6) is 5.75 Å². The first-order valence-electron chi connectivity index (χ1n) is 6.65. The fraction of sp³-hybridized carbons (Fsp3) is 0.333. The van der Waals surface area contributed by atoms with Gasteiger partial charge in [0.25, 0.3) is 5.91 Å². The lowest BCUT2D eigenvalue weighted by atomic mass is 10.1. The minimum atomic E-state index is -0.425. The zero-order chi connectivity index (χ0) is 15.0. The van der Waals surface area contributed by atoms with Crippen molar-refractivity contribution in [3.05, 3.63) is 50.2 Å². The van der Waals surface area contributed by atoms with E-state index in [2.05, 4.69) is 0 Å². The van der Waals surface area contributed by atoms with Gasteiger partial charge >= 0.3 is 5.63 Å². The third-order valence-corrected chi connectivity index (χ3v) is 4.25. The van der Waals surface area contributed by atoms with Crippen molar-refractivity contribution in [2.24, 2.45) is 0 Å². The number of thiophene rings is 1. The molecule has 0 saturated carbocycles. The molecule has 6 heteroatoms. The topological polar surface area (TPSA) is 59.8 Å². The fourth-order valence-corrected chi connectivity index (χ4v) is 3.06. The number of rotatable bonds is 3. The Kier molecular flexibility index (Phi) is 3.55. The summed E-state index contributed by atoms with van der Waals surface area (Å²) in [6, 6.07) is 6.79. The van der Waals surface area contributed by atoms with Crippen molar-refractivity contribution in [2.75, 3.05) is 13.1 Å². The van der Waals surface area contributed by atoms with Gasteiger partial charge < -0.3 is 14.1 Å². The Balaban J connectivity index is 1.58. The third kappa shape index (κ3) is 3.00. The molecule has 1 amide bonds.